The number of halogens is 2. The molecule has 0 atom stereocenters. The van der Waals surface area contributed by atoms with Crippen LogP contribution in [-0.2, 0) is 14.8 Å². The van der Waals surface area contributed by atoms with Crippen LogP contribution in [0.4, 0.5) is 4.39 Å². The van der Waals surface area contributed by atoms with Gasteiger partial charge in [0, 0.05) is 29.4 Å². The summed E-state index contributed by atoms with van der Waals surface area (Å²) in [4.78, 5) is 11.6. The Morgan fingerprint density at radius 1 is 1.36 bits per heavy atom. The number of piperidine rings is 1. The van der Waals surface area contributed by atoms with E-state index in [1.807, 2.05) is 0 Å². The summed E-state index contributed by atoms with van der Waals surface area (Å²) < 4.78 is 46.0. The number of nitrogens with zero attached hydrogens (tertiary/aromatic N) is 1. The van der Waals surface area contributed by atoms with Crippen LogP contribution in [0.25, 0.3) is 0 Å². The van der Waals surface area contributed by atoms with Crippen LogP contribution in [0, 0.1) is 11.2 Å². The van der Waals surface area contributed by atoms with Gasteiger partial charge in [-0.2, -0.15) is 4.31 Å². The molecule has 0 aromatic heterocycles. The lowest BCUT2D eigenvalue weighted by molar-refractivity contribution is -0.129. The molecule has 22 heavy (non-hydrogen) atoms. The lowest BCUT2D eigenvalue weighted by Gasteiger charge is -2.36. The summed E-state index contributed by atoms with van der Waals surface area (Å²) in [5.41, 5.74) is -0.761. The zero-order valence-electron chi connectivity index (χ0n) is 12.5. The lowest BCUT2D eigenvalue weighted by Crippen LogP contribution is -2.48. The number of Topliss-reactive ketones (excluding diaryl/α,β-unsaturated/α-hetero) is 1. The molecule has 122 valence electrons. The summed E-state index contributed by atoms with van der Waals surface area (Å²) in [6.45, 7) is 3.55. The molecule has 0 radical (unpaired) electrons. The second-order valence-electron chi connectivity index (χ2n) is 5.81. The van der Waals surface area contributed by atoms with Gasteiger partial charge in [-0.3, -0.25) is 4.79 Å². The number of ketones is 1. The lowest BCUT2D eigenvalue weighted by atomic mass is 9.84. The largest absolute Gasteiger partial charge is 0.492 e. The van der Waals surface area contributed by atoms with Crippen molar-refractivity contribution in [3.63, 3.8) is 0 Å². The van der Waals surface area contributed by atoms with Crippen molar-refractivity contribution in [2.75, 3.05) is 20.2 Å². The number of hydrogen-bond acceptors (Lipinski definition) is 4. The first kappa shape index (κ1) is 17.4. The predicted molar refractivity (Wildman–Crippen MR) is 82.8 cm³/mol. The molecule has 0 amide bonds. The van der Waals surface area contributed by atoms with E-state index in [1.54, 1.807) is 13.8 Å². The maximum Gasteiger partial charge on any atom is 0.246 e. The molecule has 5 nitrogen and oxygen atoms in total. The first-order chi connectivity index (χ1) is 10.1. The van der Waals surface area contributed by atoms with Crippen LogP contribution in [0.3, 0.4) is 0 Å². The molecular formula is C14H17BrFNO4S. The Labute approximate surface area is 137 Å². The van der Waals surface area contributed by atoms with Crippen LogP contribution >= 0.6 is 15.9 Å². The van der Waals surface area contributed by atoms with Gasteiger partial charge < -0.3 is 4.74 Å². The van der Waals surface area contributed by atoms with Crippen LogP contribution in [0.1, 0.15) is 20.3 Å². The fourth-order valence-corrected chi connectivity index (χ4v) is 4.82. The maximum atomic E-state index is 13.9. The number of rotatable bonds is 3. The maximum absolute atomic E-state index is 13.9. The van der Waals surface area contributed by atoms with E-state index in [1.165, 1.54) is 17.5 Å². The van der Waals surface area contributed by atoms with Gasteiger partial charge in [0.2, 0.25) is 10.0 Å². The van der Waals surface area contributed by atoms with E-state index >= 15 is 0 Å². The van der Waals surface area contributed by atoms with Crippen molar-refractivity contribution < 1.29 is 22.3 Å². The second kappa shape index (κ2) is 5.90. The highest BCUT2D eigenvalue weighted by Crippen LogP contribution is 2.35. The molecule has 2 rings (SSSR count). The van der Waals surface area contributed by atoms with E-state index in [0.29, 0.717) is 4.47 Å². The quantitative estimate of drug-likeness (QED) is 0.791. The van der Waals surface area contributed by atoms with E-state index in [9.17, 15) is 17.6 Å². The minimum absolute atomic E-state index is 0.0198. The van der Waals surface area contributed by atoms with E-state index in [2.05, 4.69) is 15.9 Å². The van der Waals surface area contributed by atoms with Crippen LogP contribution < -0.4 is 4.74 Å². The number of methoxy groups -OCH3 is 1. The Morgan fingerprint density at radius 2 is 2.00 bits per heavy atom. The molecule has 1 aliphatic rings. The molecular weight excluding hydrogens is 377 g/mol. The normalized spacial score (nSPS) is 19.2. The van der Waals surface area contributed by atoms with Gasteiger partial charge in [0.25, 0.3) is 0 Å². The average Bonchev–Trinajstić information content (AvgIpc) is 2.40. The van der Waals surface area contributed by atoms with Gasteiger partial charge in [-0.1, -0.05) is 29.8 Å². The highest BCUT2D eigenvalue weighted by Gasteiger charge is 2.40. The molecule has 8 heteroatoms. The number of hydrogen-bond donors (Lipinski definition) is 0. The molecule has 1 aromatic carbocycles. The molecule has 0 N–H and O–H groups in total. The average molecular weight is 394 g/mol. The highest BCUT2D eigenvalue weighted by atomic mass is 79.9. The highest BCUT2D eigenvalue weighted by molar-refractivity contribution is 9.10. The van der Waals surface area contributed by atoms with Crippen molar-refractivity contribution in [2.24, 2.45) is 5.41 Å². The van der Waals surface area contributed by atoms with Crippen LogP contribution in [0.5, 0.6) is 5.75 Å². The topological polar surface area (TPSA) is 63.7 Å². The number of carbonyl (C=O) groups excluding carboxylic acids is 1. The van der Waals surface area contributed by atoms with E-state index < -0.39 is 21.3 Å². The summed E-state index contributed by atoms with van der Waals surface area (Å²) in [6.07, 6.45) is 0.144. The molecule has 0 saturated carbocycles. The molecule has 0 spiro atoms. The van der Waals surface area contributed by atoms with E-state index in [4.69, 9.17) is 4.74 Å². The van der Waals surface area contributed by atoms with E-state index in [-0.39, 0.29) is 35.9 Å². The fourth-order valence-electron chi connectivity index (χ4n) is 2.44. The van der Waals surface area contributed by atoms with Crippen molar-refractivity contribution in [3.8, 4) is 5.75 Å². The van der Waals surface area contributed by atoms with E-state index in [0.717, 1.165) is 6.07 Å². The summed E-state index contributed by atoms with van der Waals surface area (Å²) in [7, 11) is -2.74. The van der Waals surface area contributed by atoms with Gasteiger partial charge in [-0.25, -0.2) is 12.8 Å². The summed E-state index contributed by atoms with van der Waals surface area (Å²) >= 11 is 3.09. The number of carbonyl (C=O) groups is 1. The fraction of sp³-hybridized carbons (Fsp3) is 0.500. The number of sulfonamides is 1. The monoisotopic (exact) mass is 393 g/mol. The third-order valence-electron chi connectivity index (χ3n) is 3.71. The van der Waals surface area contributed by atoms with Crippen molar-refractivity contribution in [1.82, 2.24) is 4.31 Å². The minimum Gasteiger partial charge on any atom is -0.492 e. The Hall–Kier alpha value is -0.990. The Balaban J connectivity index is 2.50. The van der Waals surface area contributed by atoms with Gasteiger partial charge in [-0.05, 0) is 12.1 Å². The molecule has 1 aromatic rings. The van der Waals surface area contributed by atoms with Crippen molar-refractivity contribution in [3.05, 3.63) is 22.4 Å². The first-order valence-corrected chi connectivity index (χ1v) is 8.89. The van der Waals surface area contributed by atoms with Crippen molar-refractivity contribution in [2.45, 2.75) is 25.2 Å². The molecule has 0 bridgehead atoms. The molecule has 0 aliphatic carbocycles. The predicted octanol–water partition coefficient (Wildman–Crippen LogP) is 2.59. The Bertz CT molecular complexity index is 718. The van der Waals surface area contributed by atoms with Crippen LogP contribution in [-0.4, -0.2) is 38.7 Å². The standard InChI is InChI=1S/C14H17BrFNO4S/c1-14(2)8-17(5-4-12(14)18)22(19,20)11-7-9(15)6-10(16)13(11)21-3/h6-7H,4-5,8H2,1-3H3. The third kappa shape index (κ3) is 3.04. The minimum atomic E-state index is -3.96. The Morgan fingerprint density at radius 3 is 2.55 bits per heavy atom. The third-order valence-corrected chi connectivity index (χ3v) is 6.02. The molecule has 1 heterocycles. The SMILES string of the molecule is COc1c(F)cc(Br)cc1S(=O)(=O)N1CCC(=O)C(C)(C)C1. The van der Waals surface area contributed by atoms with Gasteiger partial charge >= 0.3 is 0 Å². The second-order valence-corrected chi connectivity index (χ2v) is 8.64. The Kier molecular flexibility index (Phi) is 4.66. The van der Waals surface area contributed by atoms with Gasteiger partial charge in [-0.15, -0.1) is 0 Å². The van der Waals surface area contributed by atoms with Crippen LogP contribution in [0.15, 0.2) is 21.5 Å². The van der Waals surface area contributed by atoms with Gasteiger partial charge in [0.1, 0.15) is 10.7 Å². The molecule has 1 aliphatic heterocycles. The number of ether oxygens (including phenoxy) is 1. The first-order valence-electron chi connectivity index (χ1n) is 6.66. The zero-order valence-corrected chi connectivity index (χ0v) is 14.9. The molecule has 1 saturated heterocycles. The summed E-state index contributed by atoms with van der Waals surface area (Å²) in [5.74, 6) is -1.06. The van der Waals surface area contributed by atoms with Gasteiger partial charge in [0.15, 0.2) is 11.6 Å². The summed E-state index contributed by atoms with van der Waals surface area (Å²) in [6, 6.07) is 2.45. The number of benzene rings is 1. The van der Waals surface area contributed by atoms with Crippen LogP contribution in [0.2, 0.25) is 0 Å². The smallest absolute Gasteiger partial charge is 0.246 e. The van der Waals surface area contributed by atoms with Gasteiger partial charge in [0.05, 0.1) is 7.11 Å². The molecule has 0 unspecified atom stereocenters. The van der Waals surface area contributed by atoms with Crippen molar-refractivity contribution in [1.29, 1.82) is 0 Å². The zero-order chi connectivity index (χ0) is 16.7. The van der Waals surface area contributed by atoms with Crippen molar-refractivity contribution >= 4 is 31.7 Å². The molecule has 1 fully saturated rings. The summed E-state index contributed by atoms with van der Waals surface area (Å²) in [5, 5.41) is 0.